The maximum atomic E-state index is 13.3. The molecule has 0 saturated heterocycles. The molecule has 8 heteroatoms. The minimum Gasteiger partial charge on any atom is -0.457 e. The van der Waals surface area contributed by atoms with E-state index in [-0.39, 0.29) is 18.2 Å². The molecule has 1 aromatic heterocycles. The molecule has 0 aliphatic carbocycles. The first-order chi connectivity index (χ1) is 12.5. The lowest BCUT2D eigenvalue weighted by molar-refractivity contribution is -0.142. The van der Waals surface area contributed by atoms with Crippen molar-refractivity contribution in [2.75, 3.05) is 5.75 Å². The minimum absolute atomic E-state index is 0.0272. The molecule has 0 bridgehead atoms. The van der Waals surface area contributed by atoms with Gasteiger partial charge in [0.1, 0.15) is 6.61 Å². The predicted octanol–water partition coefficient (Wildman–Crippen LogP) is 5.34. The summed E-state index contributed by atoms with van der Waals surface area (Å²) in [5, 5.41) is 0. The van der Waals surface area contributed by atoms with Crippen LogP contribution in [0.15, 0.2) is 51.8 Å². The van der Waals surface area contributed by atoms with E-state index >= 15 is 0 Å². The number of para-hydroxylation sites is 2. The Balaban J connectivity index is 1.64. The van der Waals surface area contributed by atoms with Crippen molar-refractivity contribution in [3.63, 3.8) is 0 Å². The van der Waals surface area contributed by atoms with E-state index in [1.165, 1.54) is 11.8 Å². The zero-order chi connectivity index (χ0) is 18.7. The molecule has 2 aromatic carbocycles. The van der Waals surface area contributed by atoms with Crippen LogP contribution in [-0.2, 0) is 16.1 Å². The second-order valence-electron chi connectivity index (χ2n) is 5.52. The second-order valence-corrected chi connectivity index (χ2v) is 7.46. The number of aromatic nitrogens is 2. The third-order valence-electron chi connectivity index (χ3n) is 3.71. The molecule has 0 unspecified atom stereocenters. The summed E-state index contributed by atoms with van der Waals surface area (Å²) >= 11 is 4.73. The van der Waals surface area contributed by atoms with E-state index in [1.54, 1.807) is 24.3 Å². The summed E-state index contributed by atoms with van der Waals surface area (Å²) in [7, 11) is 0. The SMILES string of the molecule is Cc1cc(Br)ccc1SCC(=O)OCc1nc2ccccc2n1C(F)F. The monoisotopic (exact) mass is 440 g/mol. The fourth-order valence-corrected chi connectivity index (χ4v) is 3.80. The molecule has 0 spiro atoms. The highest BCUT2D eigenvalue weighted by molar-refractivity contribution is 9.10. The molecule has 0 amide bonds. The molecule has 0 fully saturated rings. The van der Waals surface area contributed by atoms with Crippen LogP contribution in [0.1, 0.15) is 17.9 Å². The van der Waals surface area contributed by atoms with Crippen molar-refractivity contribution < 1.29 is 18.3 Å². The Hall–Kier alpha value is -1.93. The number of alkyl halides is 2. The second kappa shape index (κ2) is 8.18. The Bertz CT molecular complexity index is 946. The van der Waals surface area contributed by atoms with E-state index < -0.39 is 12.5 Å². The Kier molecular flexibility index (Phi) is 5.93. The average molecular weight is 441 g/mol. The molecule has 0 aliphatic rings. The van der Waals surface area contributed by atoms with Gasteiger partial charge in [-0.15, -0.1) is 11.8 Å². The Morgan fingerprint density at radius 1 is 1.31 bits per heavy atom. The molecule has 0 atom stereocenters. The maximum Gasteiger partial charge on any atom is 0.320 e. The molecule has 0 saturated carbocycles. The summed E-state index contributed by atoms with van der Waals surface area (Å²) in [5.74, 6) is -0.359. The van der Waals surface area contributed by atoms with Gasteiger partial charge in [0.15, 0.2) is 5.82 Å². The van der Waals surface area contributed by atoms with Gasteiger partial charge in [-0.05, 0) is 42.8 Å². The number of nitrogens with zero attached hydrogens (tertiary/aromatic N) is 2. The van der Waals surface area contributed by atoms with Gasteiger partial charge < -0.3 is 4.74 Å². The van der Waals surface area contributed by atoms with Crippen LogP contribution in [0.3, 0.4) is 0 Å². The van der Waals surface area contributed by atoms with Crippen LogP contribution in [0, 0.1) is 6.92 Å². The lowest BCUT2D eigenvalue weighted by Crippen LogP contribution is -2.12. The lowest BCUT2D eigenvalue weighted by Gasteiger charge is -2.09. The van der Waals surface area contributed by atoms with E-state index in [0.717, 1.165) is 19.5 Å². The van der Waals surface area contributed by atoms with Gasteiger partial charge in [-0.3, -0.25) is 9.36 Å². The number of carbonyl (C=O) groups is 1. The Morgan fingerprint density at radius 3 is 2.81 bits per heavy atom. The average Bonchev–Trinajstić information content (AvgIpc) is 2.97. The van der Waals surface area contributed by atoms with Gasteiger partial charge >= 0.3 is 12.5 Å². The zero-order valence-electron chi connectivity index (χ0n) is 13.8. The van der Waals surface area contributed by atoms with E-state index in [9.17, 15) is 13.6 Å². The standard InChI is InChI=1S/C18H15BrF2N2O2S/c1-11-8-12(19)6-7-15(11)26-10-17(24)25-9-16-22-13-4-2-3-5-14(13)23(16)18(20)21/h2-8,18H,9-10H2,1H3. The number of ether oxygens (including phenoxy) is 1. The van der Waals surface area contributed by atoms with Crippen LogP contribution in [0.2, 0.25) is 0 Å². The number of aryl methyl sites for hydroxylation is 1. The van der Waals surface area contributed by atoms with Gasteiger partial charge in [0, 0.05) is 9.37 Å². The summed E-state index contributed by atoms with van der Waals surface area (Å²) in [6, 6.07) is 12.4. The van der Waals surface area contributed by atoms with E-state index in [1.807, 2.05) is 25.1 Å². The van der Waals surface area contributed by atoms with Crippen molar-refractivity contribution in [1.29, 1.82) is 0 Å². The molecule has 26 heavy (non-hydrogen) atoms. The van der Waals surface area contributed by atoms with Crippen LogP contribution >= 0.6 is 27.7 Å². The van der Waals surface area contributed by atoms with Gasteiger partial charge in [-0.1, -0.05) is 28.1 Å². The number of esters is 1. The van der Waals surface area contributed by atoms with Crippen molar-refractivity contribution >= 4 is 44.7 Å². The normalized spacial score (nSPS) is 11.3. The molecule has 136 valence electrons. The molecular weight excluding hydrogens is 426 g/mol. The smallest absolute Gasteiger partial charge is 0.320 e. The van der Waals surface area contributed by atoms with E-state index in [2.05, 4.69) is 20.9 Å². The first kappa shape index (κ1) is 18.8. The zero-order valence-corrected chi connectivity index (χ0v) is 16.2. The van der Waals surface area contributed by atoms with Gasteiger partial charge in [0.05, 0.1) is 16.8 Å². The summed E-state index contributed by atoms with van der Waals surface area (Å²) in [6.45, 7) is -1.10. The maximum absolute atomic E-state index is 13.3. The largest absolute Gasteiger partial charge is 0.457 e. The van der Waals surface area contributed by atoms with Crippen molar-refractivity contribution in [2.24, 2.45) is 0 Å². The summed E-state index contributed by atoms with van der Waals surface area (Å²) in [4.78, 5) is 17.1. The third-order valence-corrected chi connectivity index (χ3v) is 5.35. The van der Waals surface area contributed by atoms with Gasteiger partial charge in [-0.25, -0.2) is 4.98 Å². The van der Waals surface area contributed by atoms with Crippen LogP contribution < -0.4 is 0 Å². The number of carbonyl (C=O) groups excluding carboxylic acids is 1. The van der Waals surface area contributed by atoms with Crippen LogP contribution in [-0.4, -0.2) is 21.3 Å². The number of imidazole rings is 1. The fraction of sp³-hybridized carbons (Fsp3) is 0.222. The molecule has 3 aromatic rings. The number of thioether (sulfide) groups is 1. The number of hydrogen-bond donors (Lipinski definition) is 0. The first-order valence-electron chi connectivity index (χ1n) is 7.74. The lowest BCUT2D eigenvalue weighted by atomic mass is 10.2. The topological polar surface area (TPSA) is 44.1 Å². The van der Waals surface area contributed by atoms with Crippen molar-refractivity contribution in [3.05, 3.63) is 58.3 Å². The molecule has 0 aliphatic heterocycles. The highest BCUT2D eigenvalue weighted by atomic mass is 79.9. The van der Waals surface area contributed by atoms with Gasteiger partial charge in [0.25, 0.3) is 0 Å². The molecule has 0 N–H and O–H groups in total. The van der Waals surface area contributed by atoms with Gasteiger partial charge in [0.2, 0.25) is 0 Å². The molecule has 4 nitrogen and oxygen atoms in total. The Morgan fingerprint density at radius 2 is 2.08 bits per heavy atom. The van der Waals surface area contributed by atoms with E-state index in [0.29, 0.717) is 11.0 Å². The number of hydrogen-bond acceptors (Lipinski definition) is 4. The number of benzene rings is 2. The van der Waals surface area contributed by atoms with E-state index in [4.69, 9.17) is 4.74 Å². The Labute approximate surface area is 161 Å². The number of halogens is 3. The minimum atomic E-state index is -2.75. The summed E-state index contributed by atoms with van der Waals surface area (Å²) in [6.07, 6.45) is 0. The quantitative estimate of drug-likeness (QED) is 0.383. The number of fused-ring (bicyclic) bond motifs is 1. The molecular formula is C18H15BrF2N2O2S. The van der Waals surface area contributed by atoms with Crippen molar-refractivity contribution in [3.8, 4) is 0 Å². The fourth-order valence-electron chi connectivity index (χ4n) is 2.51. The third kappa shape index (κ3) is 4.24. The number of rotatable bonds is 6. The van der Waals surface area contributed by atoms with Crippen molar-refractivity contribution in [2.45, 2.75) is 25.0 Å². The summed E-state index contributed by atoms with van der Waals surface area (Å²) < 4.78 is 33.6. The van der Waals surface area contributed by atoms with Crippen molar-refractivity contribution in [1.82, 2.24) is 9.55 Å². The van der Waals surface area contributed by atoms with Gasteiger partial charge in [-0.2, -0.15) is 8.78 Å². The highest BCUT2D eigenvalue weighted by Gasteiger charge is 2.18. The van der Waals surface area contributed by atoms with Crippen LogP contribution in [0.5, 0.6) is 0 Å². The first-order valence-corrected chi connectivity index (χ1v) is 9.52. The molecule has 3 rings (SSSR count). The molecule has 1 heterocycles. The van der Waals surface area contributed by atoms with Crippen LogP contribution in [0.4, 0.5) is 8.78 Å². The predicted molar refractivity (Wildman–Crippen MR) is 100 cm³/mol. The van der Waals surface area contributed by atoms with Crippen LogP contribution in [0.25, 0.3) is 11.0 Å². The highest BCUT2D eigenvalue weighted by Crippen LogP contribution is 2.26. The molecule has 0 radical (unpaired) electrons. The summed E-state index contributed by atoms with van der Waals surface area (Å²) in [5.41, 5.74) is 1.80.